The molecule has 0 fully saturated rings. The average molecular weight is 904 g/mol. The number of unbranched alkanes of at least 4 members (excludes halogenated alkanes) is 42. The summed E-state index contributed by atoms with van der Waals surface area (Å²) in [5.41, 5.74) is 0. The zero-order valence-electron chi connectivity index (χ0n) is 43.8. The lowest BCUT2D eigenvalue weighted by Crippen LogP contribution is -2.30. The minimum Gasteiger partial charge on any atom is -0.462 e. The van der Waals surface area contributed by atoms with E-state index < -0.39 is 6.10 Å². The van der Waals surface area contributed by atoms with Gasteiger partial charge in [-0.05, 0) is 44.9 Å². The summed E-state index contributed by atoms with van der Waals surface area (Å²) in [7, 11) is 0. The van der Waals surface area contributed by atoms with Crippen LogP contribution in [-0.4, -0.2) is 37.9 Å². The lowest BCUT2D eigenvalue weighted by atomic mass is 10.0. The lowest BCUT2D eigenvalue weighted by molar-refractivity contribution is -0.163. The van der Waals surface area contributed by atoms with Crippen LogP contribution in [0.4, 0.5) is 0 Å². The number of carbonyl (C=O) groups is 2. The van der Waals surface area contributed by atoms with Crippen molar-refractivity contribution in [3.63, 3.8) is 0 Å². The maximum Gasteiger partial charge on any atom is 0.306 e. The van der Waals surface area contributed by atoms with Gasteiger partial charge in [0.05, 0.1) is 6.61 Å². The number of allylic oxidation sites excluding steroid dienone is 2. The standard InChI is InChI=1S/C59H114O5/c1-4-7-10-13-16-19-22-24-26-28-29-30-32-34-36-39-42-45-48-51-54-62-55-57(64-59(61)53-50-47-44-41-37-21-18-15-12-9-6-3)56-63-58(60)52-49-46-43-40-38-35-33-31-27-25-23-20-17-14-11-8-5-2/h25,27,57H,4-24,26,28-56H2,1-3H3/b27-25-. The van der Waals surface area contributed by atoms with Crippen LogP contribution in [-0.2, 0) is 23.8 Å². The number of carbonyl (C=O) groups excluding carboxylic acids is 2. The molecule has 0 aromatic heterocycles. The first-order chi connectivity index (χ1) is 31.6. The highest BCUT2D eigenvalue weighted by Crippen LogP contribution is 2.17. The van der Waals surface area contributed by atoms with Crippen molar-refractivity contribution in [1.29, 1.82) is 0 Å². The van der Waals surface area contributed by atoms with Crippen LogP contribution in [0.2, 0.25) is 0 Å². The monoisotopic (exact) mass is 903 g/mol. The molecule has 0 aromatic carbocycles. The van der Waals surface area contributed by atoms with Gasteiger partial charge < -0.3 is 14.2 Å². The van der Waals surface area contributed by atoms with E-state index in [2.05, 4.69) is 32.9 Å². The van der Waals surface area contributed by atoms with Crippen molar-refractivity contribution in [3.05, 3.63) is 12.2 Å². The summed E-state index contributed by atoms with van der Waals surface area (Å²) in [4.78, 5) is 25.4. The Balaban J connectivity index is 4.13. The topological polar surface area (TPSA) is 61.8 Å². The molecule has 0 saturated carbocycles. The minimum absolute atomic E-state index is 0.0927. The van der Waals surface area contributed by atoms with Gasteiger partial charge in [0.15, 0.2) is 6.10 Å². The second-order valence-electron chi connectivity index (χ2n) is 19.9. The first-order valence-electron chi connectivity index (χ1n) is 29.2. The van der Waals surface area contributed by atoms with Crippen LogP contribution in [0.5, 0.6) is 0 Å². The molecule has 1 unspecified atom stereocenters. The smallest absolute Gasteiger partial charge is 0.306 e. The Morgan fingerprint density at radius 3 is 0.953 bits per heavy atom. The van der Waals surface area contributed by atoms with Crippen molar-refractivity contribution < 1.29 is 23.8 Å². The van der Waals surface area contributed by atoms with Crippen LogP contribution in [0.1, 0.15) is 329 Å². The van der Waals surface area contributed by atoms with Crippen LogP contribution in [0.25, 0.3) is 0 Å². The second kappa shape index (κ2) is 56.0. The molecule has 0 N–H and O–H groups in total. The Hall–Kier alpha value is -1.36. The van der Waals surface area contributed by atoms with Gasteiger partial charge in [-0.2, -0.15) is 0 Å². The van der Waals surface area contributed by atoms with Crippen LogP contribution in [0, 0.1) is 0 Å². The summed E-state index contributed by atoms with van der Waals surface area (Å²) in [6.07, 6.45) is 65.2. The fourth-order valence-electron chi connectivity index (χ4n) is 8.92. The van der Waals surface area contributed by atoms with Gasteiger partial charge in [0, 0.05) is 19.4 Å². The molecule has 5 nitrogen and oxygen atoms in total. The molecule has 1 atom stereocenters. The van der Waals surface area contributed by atoms with Crippen LogP contribution >= 0.6 is 0 Å². The largest absolute Gasteiger partial charge is 0.462 e. The molecule has 380 valence electrons. The van der Waals surface area contributed by atoms with E-state index in [1.807, 2.05) is 0 Å². The minimum atomic E-state index is -0.528. The van der Waals surface area contributed by atoms with Crippen molar-refractivity contribution in [2.75, 3.05) is 19.8 Å². The summed E-state index contributed by atoms with van der Waals surface area (Å²) in [6.45, 7) is 7.90. The molecule has 0 aliphatic rings. The Morgan fingerprint density at radius 1 is 0.328 bits per heavy atom. The average Bonchev–Trinajstić information content (AvgIpc) is 3.30. The summed E-state index contributed by atoms with van der Waals surface area (Å²) in [6, 6.07) is 0. The maximum atomic E-state index is 12.8. The van der Waals surface area contributed by atoms with Crippen molar-refractivity contribution in [2.24, 2.45) is 0 Å². The molecule has 0 aliphatic carbocycles. The normalized spacial score (nSPS) is 12.1. The van der Waals surface area contributed by atoms with Gasteiger partial charge in [-0.15, -0.1) is 0 Å². The van der Waals surface area contributed by atoms with E-state index in [0.29, 0.717) is 26.1 Å². The molecular weight excluding hydrogens is 789 g/mol. The van der Waals surface area contributed by atoms with E-state index in [0.717, 1.165) is 32.1 Å². The first-order valence-corrected chi connectivity index (χ1v) is 29.2. The van der Waals surface area contributed by atoms with Gasteiger partial charge >= 0.3 is 11.9 Å². The van der Waals surface area contributed by atoms with Crippen molar-refractivity contribution >= 4 is 11.9 Å². The number of rotatable bonds is 55. The molecule has 0 saturated heterocycles. The van der Waals surface area contributed by atoms with Gasteiger partial charge in [-0.1, -0.05) is 283 Å². The quantitative estimate of drug-likeness (QED) is 0.0346. The molecule has 0 aromatic rings. The van der Waals surface area contributed by atoms with E-state index >= 15 is 0 Å². The van der Waals surface area contributed by atoms with Gasteiger partial charge in [0.1, 0.15) is 6.61 Å². The van der Waals surface area contributed by atoms with Crippen LogP contribution < -0.4 is 0 Å². The number of ether oxygens (including phenoxy) is 3. The van der Waals surface area contributed by atoms with Crippen molar-refractivity contribution in [2.45, 2.75) is 335 Å². The first kappa shape index (κ1) is 62.6. The molecular formula is C59H114O5. The molecule has 0 amide bonds. The molecule has 0 radical (unpaired) electrons. The van der Waals surface area contributed by atoms with E-state index in [9.17, 15) is 9.59 Å². The van der Waals surface area contributed by atoms with Crippen LogP contribution in [0.15, 0.2) is 12.2 Å². The predicted molar refractivity (Wildman–Crippen MR) is 279 cm³/mol. The fourth-order valence-corrected chi connectivity index (χ4v) is 8.92. The molecule has 0 heterocycles. The Morgan fingerprint density at radius 2 is 0.609 bits per heavy atom. The molecule has 0 bridgehead atoms. The van der Waals surface area contributed by atoms with E-state index in [1.165, 1.54) is 263 Å². The summed E-state index contributed by atoms with van der Waals surface area (Å²) >= 11 is 0. The zero-order valence-corrected chi connectivity index (χ0v) is 43.8. The third-order valence-electron chi connectivity index (χ3n) is 13.3. The van der Waals surface area contributed by atoms with E-state index in [-0.39, 0.29) is 18.5 Å². The highest BCUT2D eigenvalue weighted by molar-refractivity contribution is 5.70. The second-order valence-corrected chi connectivity index (χ2v) is 19.9. The third-order valence-corrected chi connectivity index (χ3v) is 13.3. The summed E-state index contributed by atoms with van der Waals surface area (Å²) in [5.74, 6) is -0.378. The Bertz CT molecular complexity index is 932. The SMILES string of the molecule is CCCCCCCC/C=C\CCCCCCCCCC(=O)OCC(COCCCCCCCCCCCCCCCCCCCCCC)OC(=O)CCCCCCCCCCCCC. The highest BCUT2D eigenvalue weighted by Gasteiger charge is 2.17. The zero-order chi connectivity index (χ0) is 46.3. The molecule has 0 aliphatic heterocycles. The maximum absolute atomic E-state index is 12.8. The highest BCUT2D eigenvalue weighted by atomic mass is 16.6. The Kier molecular flexibility index (Phi) is 54.8. The van der Waals surface area contributed by atoms with Crippen molar-refractivity contribution in [1.82, 2.24) is 0 Å². The summed E-state index contributed by atoms with van der Waals surface area (Å²) < 4.78 is 17.5. The molecule has 0 spiro atoms. The number of esters is 2. The third kappa shape index (κ3) is 53.3. The van der Waals surface area contributed by atoms with Crippen LogP contribution in [0.3, 0.4) is 0 Å². The molecule has 5 heteroatoms. The van der Waals surface area contributed by atoms with E-state index in [1.54, 1.807) is 0 Å². The van der Waals surface area contributed by atoms with Gasteiger partial charge in [-0.3, -0.25) is 9.59 Å². The lowest BCUT2D eigenvalue weighted by Gasteiger charge is -2.18. The fraction of sp³-hybridized carbons (Fsp3) is 0.932. The summed E-state index contributed by atoms with van der Waals surface area (Å²) in [5, 5.41) is 0. The molecule has 0 rings (SSSR count). The van der Waals surface area contributed by atoms with Gasteiger partial charge in [0.25, 0.3) is 0 Å². The predicted octanol–water partition coefficient (Wildman–Crippen LogP) is 19.8. The number of hydrogen-bond donors (Lipinski definition) is 0. The van der Waals surface area contributed by atoms with Crippen molar-refractivity contribution in [3.8, 4) is 0 Å². The molecule has 64 heavy (non-hydrogen) atoms. The van der Waals surface area contributed by atoms with E-state index in [4.69, 9.17) is 14.2 Å². The van der Waals surface area contributed by atoms with Gasteiger partial charge in [0.2, 0.25) is 0 Å². The van der Waals surface area contributed by atoms with Gasteiger partial charge in [-0.25, -0.2) is 0 Å². The number of hydrogen-bond acceptors (Lipinski definition) is 5. The Labute approximate surface area is 401 Å².